The molecule has 8 nitrogen and oxygen atoms in total. The fourth-order valence-corrected chi connectivity index (χ4v) is 3.05. The number of phenols is 1. The highest BCUT2D eigenvalue weighted by molar-refractivity contribution is 5.96. The number of hydrogen-bond donors (Lipinski definition) is 2. The molecule has 1 aromatic heterocycles. The molecular formula is C18H21N3O5. The number of aromatic hydroxyl groups is 1. The number of benzene rings is 1. The van der Waals surface area contributed by atoms with E-state index in [2.05, 4.69) is 10.4 Å². The Kier molecular flexibility index (Phi) is 5.40. The zero-order valence-corrected chi connectivity index (χ0v) is 14.5. The molecule has 2 N–H and O–H groups in total. The number of carbonyl (C=O) groups is 2. The number of ether oxygens (including phenoxy) is 2. The second kappa shape index (κ2) is 7.90. The standard InChI is InChI=1S/C18H21N3O5/c1-25-13-6-7-14(15(22)10-13)18(24)26-11-17(23)20-16-8-9-19-21(16)12-4-2-3-5-12/h6-10,12,22H,2-5,11H2,1H3,(H,20,23). The number of methoxy groups -OCH3 is 1. The number of aromatic nitrogens is 2. The number of anilines is 1. The summed E-state index contributed by atoms with van der Waals surface area (Å²) in [5, 5.41) is 16.8. The third-order valence-corrected chi connectivity index (χ3v) is 4.37. The minimum absolute atomic E-state index is 0.0328. The number of phenolic OH excluding ortho intramolecular Hbond substituents is 1. The highest BCUT2D eigenvalue weighted by atomic mass is 16.5. The van der Waals surface area contributed by atoms with Crippen LogP contribution in [-0.2, 0) is 9.53 Å². The lowest BCUT2D eigenvalue weighted by Crippen LogP contribution is -2.23. The van der Waals surface area contributed by atoms with E-state index in [-0.39, 0.29) is 11.3 Å². The van der Waals surface area contributed by atoms with Crippen LogP contribution in [0.2, 0.25) is 0 Å². The van der Waals surface area contributed by atoms with E-state index in [4.69, 9.17) is 9.47 Å². The van der Waals surface area contributed by atoms with Crippen molar-refractivity contribution < 1.29 is 24.2 Å². The summed E-state index contributed by atoms with van der Waals surface area (Å²) in [6, 6.07) is 6.21. The summed E-state index contributed by atoms with van der Waals surface area (Å²) in [6.45, 7) is -0.458. The molecule has 3 rings (SSSR count). The first-order valence-electron chi connectivity index (χ1n) is 8.46. The number of rotatable bonds is 6. The van der Waals surface area contributed by atoms with Gasteiger partial charge in [0.25, 0.3) is 5.91 Å². The Labute approximate surface area is 150 Å². The fourth-order valence-electron chi connectivity index (χ4n) is 3.05. The van der Waals surface area contributed by atoms with Crippen molar-refractivity contribution in [2.24, 2.45) is 0 Å². The molecule has 8 heteroatoms. The second-order valence-electron chi connectivity index (χ2n) is 6.11. The van der Waals surface area contributed by atoms with Crippen LogP contribution in [0, 0.1) is 0 Å². The molecule has 1 heterocycles. The van der Waals surface area contributed by atoms with E-state index >= 15 is 0 Å². The van der Waals surface area contributed by atoms with E-state index in [0.717, 1.165) is 25.7 Å². The summed E-state index contributed by atoms with van der Waals surface area (Å²) >= 11 is 0. The van der Waals surface area contributed by atoms with E-state index in [1.54, 1.807) is 12.3 Å². The predicted octanol–water partition coefficient (Wildman–Crippen LogP) is 2.51. The second-order valence-corrected chi connectivity index (χ2v) is 6.11. The number of esters is 1. The first-order valence-corrected chi connectivity index (χ1v) is 8.46. The Bertz CT molecular complexity index is 796. The maximum atomic E-state index is 12.1. The van der Waals surface area contributed by atoms with Gasteiger partial charge in [-0.25, -0.2) is 9.48 Å². The van der Waals surface area contributed by atoms with Crippen LogP contribution in [-0.4, -0.2) is 40.5 Å². The van der Waals surface area contributed by atoms with Crippen LogP contribution in [0.15, 0.2) is 30.5 Å². The van der Waals surface area contributed by atoms with Crippen LogP contribution in [0.1, 0.15) is 42.1 Å². The van der Waals surface area contributed by atoms with Crippen molar-refractivity contribution in [3.63, 3.8) is 0 Å². The maximum absolute atomic E-state index is 12.1. The van der Waals surface area contributed by atoms with Gasteiger partial charge in [0.05, 0.1) is 19.3 Å². The molecule has 138 valence electrons. The van der Waals surface area contributed by atoms with Gasteiger partial charge in [0.1, 0.15) is 22.9 Å². The van der Waals surface area contributed by atoms with Crippen molar-refractivity contribution in [2.45, 2.75) is 31.7 Å². The zero-order valence-electron chi connectivity index (χ0n) is 14.5. The molecule has 0 bridgehead atoms. The van der Waals surface area contributed by atoms with Crippen LogP contribution >= 0.6 is 0 Å². The summed E-state index contributed by atoms with van der Waals surface area (Å²) in [6.07, 6.45) is 6.02. The molecule has 1 saturated carbocycles. The summed E-state index contributed by atoms with van der Waals surface area (Å²) in [5.41, 5.74) is -0.0328. The maximum Gasteiger partial charge on any atom is 0.342 e. The molecule has 0 spiro atoms. The molecule has 1 fully saturated rings. The van der Waals surface area contributed by atoms with Crippen molar-refractivity contribution in [3.05, 3.63) is 36.0 Å². The lowest BCUT2D eigenvalue weighted by atomic mass is 10.2. The lowest BCUT2D eigenvalue weighted by molar-refractivity contribution is -0.119. The van der Waals surface area contributed by atoms with Gasteiger partial charge in [-0.1, -0.05) is 12.8 Å². The van der Waals surface area contributed by atoms with E-state index < -0.39 is 18.5 Å². The van der Waals surface area contributed by atoms with Gasteiger partial charge >= 0.3 is 5.97 Å². The third-order valence-electron chi connectivity index (χ3n) is 4.37. The van der Waals surface area contributed by atoms with Crippen molar-refractivity contribution in [2.75, 3.05) is 19.0 Å². The number of nitrogens with zero attached hydrogens (tertiary/aromatic N) is 2. The first kappa shape index (κ1) is 17.8. The minimum atomic E-state index is -0.787. The van der Waals surface area contributed by atoms with Gasteiger partial charge in [-0.3, -0.25) is 4.79 Å². The smallest absolute Gasteiger partial charge is 0.342 e. The number of carbonyl (C=O) groups excluding carboxylic acids is 2. The summed E-state index contributed by atoms with van der Waals surface area (Å²) in [7, 11) is 1.45. The molecule has 2 aromatic rings. The van der Waals surface area contributed by atoms with E-state index in [9.17, 15) is 14.7 Å². The van der Waals surface area contributed by atoms with Gasteiger partial charge in [-0.2, -0.15) is 5.10 Å². The van der Waals surface area contributed by atoms with Crippen LogP contribution in [0.3, 0.4) is 0 Å². The number of amides is 1. The number of hydrogen-bond acceptors (Lipinski definition) is 6. The molecular weight excluding hydrogens is 338 g/mol. The molecule has 1 amide bonds. The lowest BCUT2D eigenvalue weighted by Gasteiger charge is -2.14. The predicted molar refractivity (Wildman–Crippen MR) is 93.3 cm³/mol. The molecule has 0 aliphatic heterocycles. The van der Waals surface area contributed by atoms with Crippen LogP contribution < -0.4 is 10.1 Å². The third kappa shape index (κ3) is 3.96. The molecule has 26 heavy (non-hydrogen) atoms. The average molecular weight is 359 g/mol. The molecule has 1 aliphatic rings. The van der Waals surface area contributed by atoms with Crippen molar-refractivity contribution in [3.8, 4) is 11.5 Å². The van der Waals surface area contributed by atoms with Crippen molar-refractivity contribution >= 4 is 17.7 Å². The van der Waals surface area contributed by atoms with Crippen LogP contribution in [0.25, 0.3) is 0 Å². The van der Waals surface area contributed by atoms with Crippen LogP contribution in [0.4, 0.5) is 5.82 Å². The van der Waals surface area contributed by atoms with Gasteiger partial charge in [-0.05, 0) is 25.0 Å². The van der Waals surface area contributed by atoms with E-state index in [1.165, 1.54) is 25.3 Å². The van der Waals surface area contributed by atoms with E-state index in [1.807, 2.05) is 4.68 Å². The Hall–Kier alpha value is -3.03. The Balaban J connectivity index is 1.56. The SMILES string of the molecule is COc1ccc(C(=O)OCC(=O)Nc2ccnn2C2CCCC2)c(O)c1. The zero-order chi connectivity index (χ0) is 18.5. The number of nitrogens with one attached hydrogen (secondary N) is 1. The molecule has 1 aliphatic carbocycles. The quantitative estimate of drug-likeness (QED) is 0.768. The van der Waals surface area contributed by atoms with Gasteiger partial charge in [0.15, 0.2) is 6.61 Å². The van der Waals surface area contributed by atoms with Crippen LogP contribution in [0.5, 0.6) is 11.5 Å². The molecule has 0 unspecified atom stereocenters. The molecule has 1 aromatic carbocycles. The highest BCUT2D eigenvalue weighted by Gasteiger charge is 2.21. The highest BCUT2D eigenvalue weighted by Crippen LogP contribution is 2.31. The largest absolute Gasteiger partial charge is 0.507 e. The Morgan fingerprint density at radius 2 is 2.08 bits per heavy atom. The summed E-state index contributed by atoms with van der Waals surface area (Å²) in [4.78, 5) is 24.1. The molecule has 0 radical (unpaired) electrons. The fraction of sp³-hybridized carbons (Fsp3) is 0.389. The normalized spacial score (nSPS) is 14.2. The summed E-state index contributed by atoms with van der Waals surface area (Å²) in [5.74, 6) is -0.521. The Morgan fingerprint density at radius 3 is 2.77 bits per heavy atom. The topological polar surface area (TPSA) is 103 Å². The summed E-state index contributed by atoms with van der Waals surface area (Å²) < 4.78 is 11.7. The van der Waals surface area contributed by atoms with Gasteiger partial charge in [-0.15, -0.1) is 0 Å². The molecule has 0 saturated heterocycles. The monoisotopic (exact) mass is 359 g/mol. The average Bonchev–Trinajstić information content (AvgIpc) is 3.30. The minimum Gasteiger partial charge on any atom is -0.507 e. The molecule has 0 atom stereocenters. The van der Waals surface area contributed by atoms with Gasteiger partial charge in [0.2, 0.25) is 0 Å². The Morgan fingerprint density at radius 1 is 1.31 bits per heavy atom. The van der Waals surface area contributed by atoms with Crippen molar-refractivity contribution in [1.29, 1.82) is 0 Å². The first-order chi connectivity index (χ1) is 12.6. The van der Waals surface area contributed by atoms with Gasteiger partial charge < -0.3 is 19.9 Å². The van der Waals surface area contributed by atoms with Crippen molar-refractivity contribution in [1.82, 2.24) is 9.78 Å². The van der Waals surface area contributed by atoms with E-state index in [0.29, 0.717) is 17.6 Å². The van der Waals surface area contributed by atoms with Gasteiger partial charge in [0, 0.05) is 12.1 Å².